The van der Waals surface area contributed by atoms with Crippen LogP contribution in [-0.4, -0.2) is 49.4 Å². The van der Waals surface area contributed by atoms with Crippen molar-refractivity contribution in [3.63, 3.8) is 0 Å². The predicted molar refractivity (Wildman–Crippen MR) is 65.9 cm³/mol. The first-order valence-electron chi connectivity index (χ1n) is 6.08. The summed E-state index contributed by atoms with van der Waals surface area (Å²) in [7, 11) is 1.52. The van der Waals surface area contributed by atoms with Crippen LogP contribution in [-0.2, 0) is 14.3 Å². The first-order valence-corrected chi connectivity index (χ1v) is 6.08. The molecule has 1 rings (SSSR count). The van der Waals surface area contributed by atoms with Crippen molar-refractivity contribution < 1.29 is 19.1 Å². The van der Waals surface area contributed by atoms with E-state index in [1.54, 1.807) is 4.90 Å². The molecule has 0 unspecified atom stereocenters. The zero-order valence-electron chi connectivity index (χ0n) is 11.5. The van der Waals surface area contributed by atoms with Crippen molar-refractivity contribution >= 4 is 12.0 Å². The summed E-state index contributed by atoms with van der Waals surface area (Å²) in [6, 6.07) is 0. The lowest BCUT2D eigenvalue weighted by atomic mass is 10.1. The Morgan fingerprint density at radius 3 is 2.61 bits per heavy atom. The first-order chi connectivity index (χ1) is 8.33. The molecule has 0 aromatic heterocycles. The number of carbonyl (C=O) groups is 2. The van der Waals surface area contributed by atoms with E-state index in [9.17, 15) is 9.59 Å². The third-order valence-electron chi connectivity index (χ3n) is 2.60. The molecule has 1 heterocycles. The number of rotatable bonds is 3. The molecule has 0 bridgehead atoms. The van der Waals surface area contributed by atoms with Crippen molar-refractivity contribution in [1.29, 1.82) is 0 Å². The van der Waals surface area contributed by atoms with Crippen molar-refractivity contribution in [2.45, 2.75) is 32.8 Å². The first kappa shape index (κ1) is 14.8. The van der Waals surface area contributed by atoms with Crippen molar-refractivity contribution in [3.05, 3.63) is 0 Å². The van der Waals surface area contributed by atoms with Gasteiger partial charge in [0.25, 0.3) is 0 Å². The summed E-state index contributed by atoms with van der Waals surface area (Å²) in [5.41, 5.74) is -0.506. The molecule has 2 amide bonds. The fourth-order valence-corrected chi connectivity index (χ4v) is 1.75. The molecule has 0 saturated carbocycles. The van der Waals surface area contributed by atoms with E-state index in [-0.39, 0.29) is 24.6 Å². The number of methoxy groups -OCH3 is 1. The summed E-state index contributed by atoms with van der Waals surface area (Å²) < 4.78 is 10.0. The Kier molecular flexibility index (Phi) is 4.95. The maximum atomic E-state index is 11.8. The second-order valence-corrected chi connectivity index (χ2v) is 5.39. The minimum absolute atomic E-state index is 0.0806. The molecule has 104 valence electrons. The van der Waals surface area contributed by atoms with Gasteiger partial charge in [0, 0.05) is 20.2 Å². The van der Waals surface area contributed by atoms with Gasteiger partial charge in [-0.05, 0) is 27.2 Å². The van der Waals surface area contributed by atoms with Gasteiger partial charge >= 0.3 is 6.09 Å². The highest BCUT2D eigenvalue weighted by molar-refractivity contribution is 5.80. The molecule has 0 aromatic rings. The zero-order chi connectivity index (χ0) is 13.8. The van der Waals surface area contributed by atoms with Crippen LogP contribution in [0.15, 0.2) is 0 Å². The van der Waals surface area contributed by atoms with Crippen LogP contribution in [0.3, 0.4) is 0 Å². The third kappa shape index (κ3) is 4.52. The van der Waals surface area contributed by atoms with Gasteiger partial charge in [0.05, 0.1) is 5.92 Å². The topological polar surface area (TPSA) is 67.9 Å². The molecule has 1 N–H and O–H groups in total. The van der Waals surface area contributed by atoms with E-state index in [2.05, 4.69) is 5.32 Å². The fourth-order valence-electron chi connectivity index (χ4n) is 1.75. The molecule has 1 aliphatic rings. The average Bonchev–Trinajstić information content (AvgIpc) is 2.72. The molecule has 1 saturated heterocycles. The molecule has 0 spiro atoms. The van der Waals surface area contributed by atoms with Crippen LogP contribution in [0.1, 0.15) is 27.2 Å². The zero-order valence-corrected chi connectivity index (χ0v) is 11.5. The molecule has 6 heteroatoms. The number of hydrogen-bond donors (Lipinski definition) is 1. The number of nitrogens with one attached hydrogen (secondary N) is 1. The molecule has 0 aliphatic carbocycles. The maximum absolute atomic E-state index is 11.8. The van der Waals surface area contributed by atoms with E-state index in [0.29, 0.717) is 19.5 Å². The molecule has 18 heavy (non-hydrogen) atoms. The molecule has 6 nitrogen and oxygen atoms in total. The second kappa shape index (κ2) is 6.04. The lowest BCUT2D eigenvalue weighted by molar-refractivity contribution is -0.126. The molecule has 1 atom stereocenters. The minimum atomic E-state index is -0.506. The summed E-state index contributed by atoms with van der Waals surface area (Å²) >= 11 is 0. The molecule has 0 radical (unpaired) electrons. The van der Waals surface area contributed by atoms with Gasteiger partial charge in [-0.15, -0.1) is 0 Å². The Morgan fingerprint density at radius 1 is 1.39 bits per heavy atom. The highest BCUT2D eigenvalue weighted by Gasteiger charge is 2.33. The smallest absolute Gasteiger partial charge is 0.410 e. The van der Waals surface area contributed by atoms with Crippen LogP contribution in [0.25, 0.3) is 0 Å². The van der Waals surface area contributed by atoms with Gasteiger partial charge in [-0.25, -0.2) is 4.79 Å². The molecule has 1 aliphatic heterocycles. The van der Waals surface area contributed by atoms with Gasteiger partial charge in [-0.2, -0.15) is 0 Å². The number of ether oxygens (including phenoxy) is 2. The van der Waals surface area contributed by atoms with Crippen LogP contribution in [0.5, 0.6) is 0 Å². The standard InChI is InChI=1S/C12H22N2O4/c1-12(2,3)18-11(16)14-6-5-9(7-14)10(15)13-8-17-4/h9H,5-8H2,1-4H3,(H,13,15)/t9-/m0/s1. The number of likely N-dealkylation sites (tertiary alicyclic amines) is 1. The highest BCUT2D eigenvalue weighted by atomic mass is 16.6. The van der Waals surface area contributed by atoms with Crippen molar-refractivity contribution in [2.24, 2.45) is 5.92 Å². The average molecular weight is 258 g/mol. The number of carbonyl (C=O) groups excluding carboxylic acids is 2. The van der Waals surface area contributed by atoms with E-state index in [4.69, 9.17) is 9.47 Å². The predicted octanol–water partition coefficient (Wildman–Crippen LogP) is 0.963. The lowest BCUT2D eigenvalue weighted by Crippen LogP contribution is -2.37. The van der Waals surface area contributed by atoms with Gasteiger partial charge in [-0.1, -0.05) is 0 Å². The quantitative estimate of drug-likeness (QED) is 0.766. The summed E-state index contributed by atoms with van der Waals surface area (Å²) in [5, 5.41) is 2.64. The van der Waals surface area contributed by atoms with E-state index in [1.807, 2.05) is 20.8 Å². The summed E-state index contributed by atoms with van der Waals surface area (Å²) in [6.45, 7) is 6.63. The lowest BCUT2D eigenvalue weighted by Gasteiger charge is -2.24. The second-order valence-electron chi connectivity index (χ2n) is 5.39. The number of hydrogen-bond acceptors (Lipinski definition) is 4. The fraction of sp³-hybridized carbons (Fsp3) is 0.833. The van der Waals surface area contributed by atoms with Gasteiger partial charge in [-0.3, -0.25) is 4.79 Å². The monoisotopic (exact) mass is 258 g/mol. The van der Waals surface area contributed by atoms with Gasteiger partial charge < -0.3 is 19.7 Å². The summed E-state index contributed by atoms with van der Waals surface area (Å²) in [6.07, 6.45) is 0.305. The van der Waals surface area contributed by atoms with Crippen LogP contribution < -0.4 is 5.32 Å². The highest BCUT2D eigenvalue weighted by Crippen LogP contribution is 2.19. The van der Waals surface area contributed by atoms with Crippen molar-refractivity contribution in [2.75, 3.05) is 26.9 Å². The van der Waals surface area contributed by atoms with Gasteiger partial charge in [0.2, 0.25) is 5.91 Å². The van der Waals surface area contributed by atoms with Gasteiger partial charge in [0.1, 0.15) is 12.3 Å². The van der Waals surface area contributed by atoms with E-state index < -0.39 is 5.60 Å². The third-order valence-corrected chi connectivity index (χ3v) is 2.60. The van der Waals surface area contributed by atoms with Crippen molar-refractivity contribution in [1.82, 2.24) is 10.2 Å². The Labute approximate surface area is 108 Å². The van der Waals surface area contributed by atoms with Crippen LogP contribution in [0.2, 0.25) is 0 Å². The molecular weight excluding hydrogens is 236 g/mol. The van der Waals surface area contributed by atoms with Crippen LogP contribution in [0, 0.1) is 5.92 Å². The number of nitrogens with zero attached hydrogens (tertiary/aromatic N) is 1. The SMILES string of the molecule is COCNC(=O)[C@H]1CCN(C(=O)OC(C)(C)C)C1. The molecule has 1 fully saturated rings. The van der Waals surface area contributed by atoms with E-state index in [1.165, 1.54) is 7.11 Å². The summed E-state index contributed by atoms with van der Waals surface area (Å²) in [5.74, 6) is -0.254. The molecular formula is C12H22N2O4. The Balaban J connectivity index is 2.41. The Hall–Kier alpha value is -1.30. The van der Waals surface area contributed by atoms with Gasteiger partial charge in [0.15, 0.2) is 0 Å². The van der Waals surface area contributed by atoms with Crippen molar-refractivity contribution in [3.8, 4) is 0 Å². The number of amides is 2. The molecule has 0 aromatic carbocycles. The Morgan fingerprint density at radius 2 is 2.06 bits per heavy atom. The van der Waals surface area contributed by atoms with Crippen LogP contribution >= 0.6 is 0 Å². The maximum Gasteiger partial charge on any atom is 0.410 e. The Bertz CT molecular complexity index is 312. The van der Waals surface area contributed by atoms with E-state index >= 15 is 0 Å². The minimum Gasteiger partial charge on any atom is -0.444 e. The van der Waals surface area contributed by atoms with Crippen LogP contribution in [0.4, 0.5) is 4.79 Å². The summed E-state index contributed by atoms with van der Waals surface area (Å²) in [4.78, 5) is 25.0. The van der Waals surface area contributed by atoms with E-state index in [0.717, 1.165) is 0 Å². The largest absolute Gasteiger partial charge is 0.444 e. The normalized spacial score (nSPS) is 19.8.